The first-order chi connectivity index (χ1) is 11.3. The summed E-state index contributed by atoms with van der Waals surface area (Å²) < 4.78 is 5.80. The Morgan fingerprint density at radius 1 is 1.29 bits per heavy atom. The van der Waals surface area contributed by atoms with Crippen LogP contribution in [0.2, 0.25) is 0 Å². The lowest BCUT2D eigenvalue weighted by Crippen LogP contribution is -2.38. The zero-order chi connectivity index (χ0) is 17.7. The van der Waals surface area contributed by atoms with Crippen LogP contribution in [0, 0.1) is 6.92 Å². The first-order valence-electron chi connectivity index (χ1n) is 8.29. The Morgan fingerprint density at radius 3 is 2.58 bits per heavy atom. The maximum Gasteiger partial charge on any atom is 0.213 e. The molecular weight excluding hydrogens is 300 g/mol. The van der Waals surface area contributed by atoms with E-state index in [0.29, 0.717) is 12.4 Å². The highest BCUT2D eigenvalue weighted by molar-refractivity contribution is 5.80. The van der Waals surface area contributed by atoms with Gasteiger partial charge in [0.1, 0.15) is 5.76 Å². The van der Waals surface area contributed by atoms with E-state index in [1.165, 1.54) is 11.1 Å². The number of benzene rings is 1. The van der Waals surface area contributed by atoms with Gasteiger partial charge in [0.25, 0.3) is 0 Å². The number of hydrogen-bond acceptors (Lipinski definition) is 3. The average Bonchev–Trinajstić information content (AvgIpc) is 3.00. The van der Waals surface area contributed by atoms with Gasteiger partial charge in [0.2, 0.25) is 5.89 Å². The van der Waals surface area contributed by atoms with Crippen molar-refractivity contribution in [3.63, 3.8) is 0 Å². The third kappa shape index (κ3) is 4.60. The normalized spacial score (nSPS) is 13.7. The van der Waals surface area contributed by atoms with E-state index in [1.807, 2.05) is 6.07 Å². The summed E-state index contributed by atoms with van der Waals surface area (Å²) in [6, 6.07) is 8.51. The molecule has 130 valence electrons. The molecule has 0 spiro atoms. The highest BCUT2D eigenvalue weighted by atomic mass is 16.4. The molecule has 24 heavy (non-hydrogen) atoms. The lowest BCUT2D eigenvalue weighted by Gasteiger charge is -2.19. The minimum Gasteiger partial charge on any atom is -0.443 e. The second-order valence-corrected chi connectivity index (χ2v) is 7.02. The van der Waals surface area contributed by atoms with Crippen LogP contribution in [0.15, 0.2) is 39.9 Å². The largest absolute Gasteiger partial charge is 0.443 e. The van der Waals surface area contributed by atoms with E-state index in [1.54, 1.807) is 13.2 Å². The Morgan fingerprint density at radius 2 is 2.00 bits per heavy atom. The summed E-state index contributed by atoms with van der Waals surface area (Å²) >= 11 is 0. The Labute approximate surface area is 144 Å². The van der Waals surface area contributed by atoms with Crippen LogP contribution in [0.3, 0.4) is 0 Å². The molecule has 2 aromatic rings. The molecule has 2 rings (SSSR count). The molecular formula is C19H28N4O. The SMILES string of the molecule is CN=C(NCc1ncc(C(C)(C)C)o1)NC(C)c1ccccc1C. The number of hydrogen-bond donors (Lipinski definition) is 2. The number of aliphatic imine (C=N–C) groups is 1. The van der Waals surface area contributed by atoms with E-state index >= 15 is 0 Å². The van der Waals surface area contributed by atoms with Crippen molar-refractivity contribution in [3.8, 4) is 0 Å². The molecule has 0 aliphatic carbocycles. The van der Waals surface area contributed by atoms with Gasteiger partial charge in [0.05, 0.1) is 18.8 Å². The predicted octanol–water partition coefficient (Wildman–Crippen LogP) is 3.71. The van der Waals surface area contributed by atoms with Gasteiger partial charge in [-0.05, 0) is 25.0 Å². The number of oxazole rings is 1. The van der Waals surface area contributed by atoms with E-state index < -0.39 is 0 Å². The highest BCUT2D eigenvalue weighted by Gasteiger charge is 2.19. The minimum atomic E-state index is -0.0372. The van der Waals surface area contributed by atoms with Crippen molar-refractivity contribution in [1.82, 2.24) is 15.6 Å². The lowest BCUT2D eigenvalue weighted by atomic mass is 9.94. The zero-order valence-corrected chi connectivity index (χ0v) is 15.5. The highest BCUT2D eigenvalue weighted by Crippen LogP contribution is 2.22. The van der Waals surface area contributed by atoms with Crippen LogP contribution < -0.4 is 10.6 Å². The standard InChI is InChI=1S/C19H28N4O/c1-13-9-7-8-10-15(13)14(2)23-18(20-6)22-12-17-21-11-16(24-17)19(3,4)5/h7-11,14H,12H2,1-6H3,(H2,20,22,23). The predicted molar refractivity (Wildman–Crippen MR) is 98.1 cm³/mol. The van der Waals surface area contributed by atoms with Crippen LogP contribution in [0.4, 0.5) is 0 Å². The van der Waals surface area contributed by atoms with Gasteiger partial charge >= 0.3 is 0 Å². The molecule has 1 aromatic heterocycles. The third-order valence-corrected chi connectivity index (χ3v) is 3.93. The summed E-state index contributed by atoms with van der Waals surface area (Å²) in [4.78, 5) is 8.61. The molecule has 0 bridgehead atoms. The van der Waals surface area contributed by atoms with Crippen molar-refractivity contribution < 1.29 is 4.42 Å². The van der Waals surface area contributed by atoms with Crippen molar-refractivity contribution in [3.05, 3.63) is 53.2 Å². The number of rotatable bonds is 4. The van der Waals surface area contributed by atoms with Gasteiger partial charge in [-0.1, -0.05) is 45.0 Å². The van der Waals surface area contributed by atoms with E-state index in [-0.39, 0.29) is 11.5 Å². The molecule has 1 heterocycles. The van der Waals surface area contributed by atoms with Crippen molar-refractivity contribution in [1.29, 1.82) is 0 Å². The Hall–Kier alpha value is -2.30. The van der Waals surface area contributed by atoms with Crippen LogP contribution in [-0.4, -0.2) is 18.0 Å². The summed E-state index contributed by atoms with van der Waals surface area (Å²) in [5.41, 5.74) is 2.48. The van der Waals surface area contributed by atoms with E-state index in [4.69, 9.17) is 4.42 Å². The molecule has 0 fully saturated rings. The van der Waals surface area contributed by atoms with Crippen molar-refractivity contribution in [2.75, 3.05) is 7.05 Å². The number of aromatic nitrogens is 1. The van der Waals surface area contributed by atoms with Gasteiger partial charge in [-0.25, -0.2) is 4.98 Å². The minimum absolute atomic E-state index is 0.0372. The smallest absolute Gasteiger partial charge is 0.213 e. The van der Waals surface area contributed by atoms with Crippen LogP contribution in [0.25, 0.3) is 0 Å². The summed E-state index contributed by atoms with van der Waals surface area (Å²) in [7, 11) is 1.76. The number of guanidine groups is 1. The van der Waals surface area contributed by atoms with E-state index in [9.17, 15) is 0 Å². The van der Waals surface area contributed by atoms with E-state index in [2.05, 4.69) is 73.4 Å². The monoisotopic (exact) mass is 328 g/mol. The fourth-order valence-electron chi connectivity index (χ4n) is 2.45. The second-order valence-electron chi connectivity index (χ2n) is 7.02. The molecule has 0 aliphatic heterocycles. The maximum absolute atomic E-state index is 5.80. The van der Waals surface area contributed by atoms with E-state index in [0.717, 1.165) is 11.7 Å². The average molecular weight is 328 g/mol. The summed E-state index contributed by atoms with van der Waals surface area (Å²) in [5.74, 6) is 2.27. The Balaban J connectivity index is 1.96. The fraction of sp³-hybridized carbons (Fsp3) is 0.474. The third-order valence-electron chi connectivity index (χ3n) is 3.93. The second kappa shape index (κ2) is 7.51. The van der Waals surface area contributed by atoms with Crippen LogP contribution >= 0.6 is 0 Å². The van der Waals surface area contributed by atoms with Gasteiger partial charge in [-0.3, -0.25) is 4.99 Å². The van der Waals surface area contributed by atoms with Gasteiger partial charge in [0, 0.05) is 12.5 Å². The molecule has 0 saturated carbocycles. The summed E-state index contributed by atoms with van der Waals surface area (Å²) in [6.07, 6.45) is 1.79. The molecule has 1 aromatic carbocycles. The van der Waals surface area contributed by atoms with Gasteiger partial charge in [-0.2, -0.15) is 0 Å². The summed E-state index contributed by atoms with van der Waals surface area (Å²) in [5, 5.41) is 6.65. The van der Waals surface area contributed by atoms with Gasteiger partial charge in [0.15, 0.2) is 5.96 Å². The lowest BCUT2D eigenvalue weighted by molar-refractivity contribution is 0.379. The van der Waals surface area contributed by atoms with Gasteiger partial charge in [-0.15, -0.1) is 0 Å². The zero-order valence-electron chi connectivity index (χ0n) is 15.5. The fourth-order valence-corrected chi connectivity index (χ4v) is 2.45. The van der Waals surface area contributed by atoms with Crippen molar-refractivity contribution in [2.24, 2.45) is 4.99 Å². The molecule has 5 nitrogen and oxygen atoms in total. The topological polar surface area (TPSA) is 62.5 Å². The Kier molecular flexibility index (Phi) is 5.65. The quantitative estimate of drug-likeness (QED) is 0.663. The number of nitrogens with one attached hydrogen (secondary N) is 2. The molecule has 0 radical (unpaired) electrons. The van der Waals surface area contributed by atoms with Crippen molar-refractivity contribution in [2.45, 2.75) is 52.6 Å². The molecule has 2 N–H and O–H groups in total. The van der Waals surface area contributed by atoms with Crippen LogP contribution in [0.1, 0.15) is 56.5 Å². The van der Waals surface area contributed by atoms with Crippen molar-refractivity contribution >= 4 is 5.96 Å². The number of nitrogens with zero attached hydrogens (tertiary/aromatic N) is 2. The maximum atomic E-state index is 5.80. The molecule has 5 heteroatoms. The van der Waals surface area contributed by atoms with Crippen LogP contribution in [-0.2, 0) is 12.0 Å². The summed E-state index contributed by atoms with van der Waals surface area (Å²) in [6.45, 7) is 11.1. The van der Waals surface area contributed by atoms with Crippen LogP contribution in [0.5, 0.6) is 0 Å². The first-order valence-corrected chi connectivity index (χ1v) is 8.29. The molecule has 0 amide bonds. The van der Waals surface area contributed by atoms with Gasteiger partial charge < -0.3 is 15.1 Å². The number of aryl methyl sites for hydroxylation is 1. The first kappa shape index (κ1) is 18.0. The molecule has 0 aliphatic rings. The molecule has 0 saturated heterocycles. The molecule has 1 atom stereocenters. The Bertz CT molecular complexity index is 697. The molecule has 1 unspecified atom stereocenters.